The highest BCUT2D eigenvalue weighted by Gasteiger charge is 2.03. The molecule has 2 rings (SSSR count). The van der Waals surface area contributed by atoms with Gasteiger partial charge in [-0.05, 0) is 51.2 Å². The van der Waals surface area contributed by atoms with Crippen molar-refractivity contribution in [2.75, 3.05) is 0 Å². The fourth-order valence-electron chi connectivity index (χ4n) is 0.939. The second-order valence-corrected chi connectivity index (χ2v) is 4.00. The van der Waals surface area contributed by atoms with E-state index < -0.39 is 0 Å². The van der Waals surface area contributed by atoms with Gasteiger partial charge in [-0.1, -0.05) is 11.6 Å². The monoisotopic (exact) mass is 306 g/mol. The van der Waals surface area contributed by atoms with Crippen LogP contribution < -0.4 is 0 Å². The van der Waals surface area contributed by atoms with Gasteiger partial charge < -0.3 is 0 Å². The van der Waals surface area contributed by atoms with Gasteiger partial charge in [-0.15, -0.1) is 5.10 Å². The number of rotatable bonds is 1. The Hall–Kier alpha value is -0.690. The molecule has 0 aliphatic rings. The summed E-state index contributed by atoms with van der Waals surface area (Å²) in [5.74, 6) is 0. The van der Waals surface area contributed by atoms with Crippen LogP contribution >= 0.6 is 34.2 Å². The fourth-order valence-corrected chi connectivity index (χ4v) is 1.88. The van der Waals surface area contributed by atoms with Gasteiger partial charge in [0.25, 0.3) is 0 Å². The molecular weight excluding hydrogens is 302 g/mol. The maximum Gasteiger partial charge on any atom is 0.143 e. The minimum Gasteiger partial charge on any atom is -0.199 e. The molecule has 0 saturated carbocycles. The molecule has 0 N–H and O–H groups in total. The number of benzene rings is 1. The van der Waals surface area contributed by atoms with E-state index in [4.69, 9.17) is 11.6 Å². The molecule has 1 aromatic heterocycles. The van der Waals surface area contributed by atoms with Crippen molar-refractivity contribution in [3.05, 3.63) is 33.1 Å². The number of nitrogens with zero attached hydrogens (tertiary/aromatic N) is 4. The zero-order valence-corrected chi connectivity index (χ0v) is 9.27. The molecule has 0 atom stereocenters. The van der Waals surface area contributed by atoms with E-state index in [0.717, 1.165) is 9.26 Å². The fraction of sp³-hybridized carbons (Fsp3) is 0. The molecule has 13 heavy (non-hydrogen) atoms. The smallest absolute Gasteiger partial charge is 0.143 e. The SMILES string of the molecule is Clc1cc(I)ccc1-n1cnnn1. The molecule has 0 aliphatic carbocycles. The van der Waals surface area contributed by atoms with Crippen molar-refractivity contribution in [3.8, 4) is 5.69 Å². The van der Waals surface area contributed by atoms with E-state index in [2.05, 4.69) is 38.1 Å². The summed E-state index contributed by atoms with van der Waals surface area (Å²) >= 11 is 8.19. The molecule has 0 aliphatic heterocycles. The summed E-state index contributed by atoms with van der Waals surface area (Å²) in [5, 5.41) is 11.5. The highest BCUT2D eigenvalue weighted by atomic mass is 127. The predicted octanol–water partition coefficient (Wildman–Crippen LogP) is 1.92. The van der Waals surface area contributed by atoms with Crippen molar-refractivity contribution in [1.82, 2.24) is 20.2 Å². The molecule has 0 saturated heterocycles. The highest BCUT2D eigenvalue weighted by molar-refractivity contribution is 14.1. The molecule has 66 valence electrons. The lowest BCUT2D eigenvalue weighted by Gasteiger charge is -2.01. The Bertz CT molecular complexity index is 414. The van der Waals surface area contributed by atoms with E-state index in [-0.39, 0.29) is 0 Å². The lowest BCUT2D eigenvalue weighted by molar-refractivity contribution is 0.789. The van der Waals surface area contributed by atoms with E-state index in [1.165, 1.54) is 11.0 Å². The number of halogens is 2. The van der Waals surface area contributed by atoms with Gasteiger partial charge in [0, 0.05) is 3.57 Å². The minimum atomic E-state index is 0.638. The van der Waals surface area contributed by atoms with Gasteiger partial charge >= 0.3 is 0 Å². The molecule has 4 nitrogen and oxygen atoms in total. The quantitative estimate of drug-likeness (QED) is 0.756. The van der Waals surface area contributed by atoms with Crippen LogP contribution in [0.2, 0.25) is 5.02 Å². The second-order valence-electron chi connectivity index (χ2n) is 2.35. The molecule has 0 bridgehead atoms. The Morgan fingerprint density at radius 2 is 2.23 bits per heavy atom. The zero-order chi connectivity index (χ0) is 9.26. The van der Waals surface area contributed by atoms with Crippen LogP contribution in [0.4, 0.5) is 0 Å². The third-order valence-corrected chi connectivity index (χ3v) is 2.48. The van der Waals surface area contributed by atoms with E-state index >= 15 is 0 Å². The summed E-state index contributed by atoms with van der Waals surface area (Å²) in [4.78, 5) is 0. The Morgan fingerprint density at radius 1 is 1.38 bits per heavy atom. The zero-order valence-electron chi connectivity index (χ0n) is 6.35. The van der Waals surface area contributed by atoms with Gasteiger partial charge in [-0.3, -0.25) is 0 Å². The molecule has 0 fully saturated rings. The van der Waals surface area contributed by atoms with Gasteiger partial charge in [0.05, 0.1) is 10.7 Å². The van der Waals surface area contributed by atoms with Crippen LogP contribution in [0.5, 0.6) is 0 Å². The number of hydrogen-bond acceptors (Lipinski definition) is 3. The van der Waals surface area contributed by atoms with Crippen LogP contribution in [0, 0.1) is 3.57 Å². The molecular formula is C7H4ClIN4. The first-order valence-corrected chi connectivity index (χ1v) is 4.91. The highest BCUT2D eigenvalue weighted by Crippen LogP contribution is 2.21. The van der Waals surface area contributed by atoms with Crippen LogP contribution in [0.3, 0.4) is 0 Å². The summed E-state index contributed by atoms with van der Waals surface area (Å²) < 4.78 is 2.61. The summed E-state index contributed by atoms with van der Waals surface area (Å²) in [6.07, 6.45) is 1.51. The molecule has 6 heteroatoms. The van der Waals surface area contributed by atoms with E-state index in [1.807, 2.05) is 18.2 Å². The number of hydrogen-bond donors (Lipinski definition) is 0. The van der Waals surface area contributed by atoms with Gasteiger partial charge in [-0.25, -0.2) is 0 Å². The van der Waals surface area contributed by atoms with Crippen molar-refractivity contribution in [3.63, 3.8) is 0 Å². The molecule has 1 aromatic carbocycles. The standard InChI is InChI=1S/C7H4ClIN4/c8-6-3-5(9)1-2-7(6)13-4-10-11-12-13/h1-4H. The maximum atomic E-state index is 6.00. The summed E-state index contributed by atoms with van der Waals surface area (Å²) in [5.41, 5.74) is 0.784. The lowest BCUT2D eigenvalue weighted by Crippen LogP contribution is -1.95. The van der Waals surface area contributed by atoms with Crippen molar-refractivity contribution in [2.45, 2.75) is 0 Å². The Morgan fingerprint density at radius 3 is 2.85 bits per heavy atom. The van der Waals surface area contributed by atoms with Crippen LogP contribution in [0.15, 0.2) is 24.5 Å². The first kappa shape index (κ1) is 8.89. The van der Waals surface area contributed by atoms with Crippen LogP contribution in [0.25, 0.3) is 5.69 Å². The largest absolute Gasteiger partial charge is 0.199 e. The van der Waals surface area contributed by atoms with E-state index in [9.17, 15) is 0 Å². The Kier molecular flexibility index (Phi) is 2.45. The van der Waals surface area contributed by atoms with Crippen molar-refractivity contribution < 1.29 is 0 Å². The molecule has 0 unspecified atom stereocenters. The third kappa shape index (κ3) is 1.80. The molecule has 1 heterocycles. The average molecular weight is 306 g/mol. The molecule has 0 amide bonds. The Labute approximate surface area is 93.0 Å². The van der Waals surface area contributed by atoms with Crippen molar-refractivity contribution in [1.29, 1.82) is 0 Å². The molecule has 2 aromatic rings. The minimum absolute atomic E-state index is 0.638. The van der Waals surface area contributed by atoms with Crippen LogP contribution in [0.1, 0.15) is 0 Å². The number of aromatic nitrogens is 4. The van der Waals surface area contributed by atoms with Gasteiger partial charge in [-0.2, -0.15) is 4.68 Å². The lowest BCUT2D eigenvalue weighted by atomic mass is 10.3. The topological polar surface area (TPSA) is 43.6 Å². The van der Waals surface area contributed by atoms with Crippen molar-refractivity contribution >= 4 is 34.2 Å². The first-order valence-electron chi connectivity index (χ1n) is 3.46. The Balaban J connectivity index is 2.53. The van der Waals surface area contributed by atoms with E-state index in [0.29, 0.717) is 5.02 Å². The summed E-state index contributed by atoms with van der Waals surface area (Å²) in [6.45, 7) is 0. The first-order chi connectivity index (χ1) is 6.27. The van der Waals surface area contributed by atoms with Gasteiger partial charge in [0.1, 0.15) is 6.33 Å². The predicted molar refractivity (Wildman–Crippen MR) is 56.9 cm³/mol. The number of tetrazole rings is 1. The van der Waals surface area contributed by atoms with Gasteiger partial charge in [0.2, 0.25) is 0 Å². The molecule has 0 radical (unpaired) electrons. The van der Waals surface area contributed by atoms with E-state index in [1.54, 1.807) is 0 Å². The normalized spacial score (nSPS) is 10.3. The van der Waals surface area contributed by atoms with Crippen LogP contribution in [-0.4, -0.2) is 20.2 Å². The molecule has 0 spiro atoms. The average Bonchev–Trinajstić information content (AvgIpc) is 2.56. The third-order valence-electron chi connectivity index (χ3n) is 1.51. The van der Waals surface area contributed by atoms with Gasteiger partial charge in [0.15, 0.2) is 0 Å². The maximum absolute atomic E-state index is 6.00. The summed E-state index contributed by atoms with van der Waals surface area (Å²) in [6, 6.07) is 5.68. The second kappa shape index (κ2) is 3.59. The van der Waals surface area contributed by atoms with Crippen molar-refractivity contribution in [2.24, 2.45) is 0 Å². The van der Waals surface area contributed by atoms with Crippen LogP contribution in [-0.2, 0) is 0 Å². The summed E-state index contributed by atoms with van der Waals surface area (Å²) in [7, 11) is 0.